The minimum atomic E-state index is 0.740. The van der Waals surface area contributed by atoms with Crippen LogP contribution in [-0.4, -0.2) is 89.5 Å². The highest BCUT2D eigenvalue weighted by Gasteiger charge is 2.22. The Morgan fingerprint density at radius 1 is 1.03 bits per heavy atom. The molecule has 30 heavy (non-hydrogen) atoms. The predicted octanol–water partition coefficient (Wildman–Crippen LogP) is 1.91. The maximum absolute atomic E-state index is 5.57. The number of H-pyrrole nitrogens is 1. The third-order valence-corrected chi connectivity index (χ3v) is 6.23. The number of ether oxygens (including phenoxy) is 1. The molecule has 0 bridgehead atoms. The minimum absolute atomic E-state index is 0.740. The summed E-state index contributed by atoms with van der Waals surface area (Å²) in [5, 5.41) is 8.33. The molecule has 0 saturated carbocycles. The largest absolute Gasteiger partial charge is 0.378 e. The van der Waals surface area contributed by atoms with E-state index in [2.05, 4.69) is 44.9 Å². The van der Waals surface area contributed by atoms with Crippen LogP contribution in [0.15, 0.2) is 24.4 Å². The predicted molar refractivity (Wildman–Crippen MR) is 118 cm³/mol. The van der Waals surface area contributed by atoms with Gasteiger partial charge in [-0.2, -0.15) is 5.10 Å². The number of morpholine rings is 1. The van der Waals surface area contributed by atoms with E-state index in [0.29, 0.717) is 0 Å². The first-order valence-electron chi connectivity index (χ1n) is 10.7. The lowest BCUT2D eigenvalue weighted by atomic mass is 10.1. The van der Waals surface area contributed by atoms with Gasteiger partial charge in [-0.05, 0) is 20.0 Å². The Balaban J connectivity index is 1.57. The van der Waals surface area contributed by atoms with Crippen LogP contribution >= 0.6 is 0 Å². The Labute approximate surface area is 176 Å². The molecule has 0 radical (unpaired) electrons. The van der Waals surface area contributed by atoms with Crippen LogP contribution in [0.25, 0.3) is 22.3 Å². The molecule has 2 aliphatic rings. The summed E-state index contributed by atoms with van der Waals surface area (Å²) in [6.45, 7) is 10.6. The number of rotatable bonds is 4. The van der Waals surface area contributed by atoms with E-state index in [-0.39, 0.29) is 0 Å². The second kappa shape index (κ2) is 8.29. The van der Waals surface area contributed by atoms with Crippen LogP contribution in [0.1, 0.15) is 11.3 Å². The highest BCUT2D eigenvalue weighted by molar-refractivity contribution is 5.92. The smallest absolute Gasteiger partial charge is 0.162 e. The molecular weight excluding hydrogens is 378 g/mol. The number of hydrogen-bond donors (Lipinski definition) is 1. The third kappa shape index (κ3) is 3.78. The summed E-state index contributed by atoms with van der Waals surface area (Å²) in [4.78, 5) is 17.4. The zero-order chi connectivity index (χ0) is 20.5. The van der Waals surface area contributed by atoms with Gasteiger partial charge in [-0.25, -0.2) is 9.97 Å². The van der Waals surface area contributed by atoms with Crippen LogP contribution < -0.4 is 4.90 Å². The van der Waals surface area contributed by atoms with Gasteiger partial charge in [0.05, 0.1) is 30.6 Å². The number of likely N-dealkylation sites (N-methyl/N-ethyl adjacent to an activating group) is 1. The van der Waals surface area contributed by atoms with Crippen molar-refractivity contribution in [2.24, 2.45) is 0 Å². The Hall–Kier alpha value is -2.55. The Morgan fingerprint density at radius 2 is 1.83 bits per heavy atom. The summed E-state index contributed by atoms with van der Waals surface area (Å²) in [6, 6.07) is 6.16. The zero-order valence-electron chi connectivity index (χ0n) is 17.8. The molecule has 2 fully saturated rings. The molecule has 0 amide bonds. The van der Waals surface area contributed by atoms with Gasteiger partial charge in [0, 0.05) is 62.3 Å². The second-order valence-corrected chi connectivity index (χ2v) is 8.26. The quantitative estimate of drug-likeness (QED) is 0.708. The van der Waals surface area contributed by atoms with Crippen LogP contribution in [0.2, 0.25) is 0 Å². The summed E-state index contributed by atoms with van der Waals surface area (Å²) in [6.07, 6.45) is 1.86. The van der Waals surface area contributed by atoms with Gasteiger partial charge in [0.1, 0.15) is 5.82 Å². The summed E-state index contributed by atoms with van der Waals surface area (Å²) in [7, 11) is 2.19. The van der Waals surface area contributed by atoms with Crippen molar-refractivity contribution >= 4 is 16.7 Å². The van der Waals surface area contributed by atoms with Crippen molar-refractivity contribution in [3.8, 4) is 11.4 Å². The van der Waals surface area contributed by atoms with E-state index in [1.807, 2.05) is 18.3 Å². The first kappa shape index (κ1) is 19.4. The van der Waals surface area contributed by atoms with E-state index in [0.717, 1.165) is 92.8 Å². The fourth-order valence-electron chi connectivity index (χ4n) is 4.29. The number of aromatic nitrogens is 4. The number of aromatic amines is 1. The maximum atomic E-state index is 5.57. The van der Waals surface area contributed by atoms with Crippen LogP contribution in [0.4, 0.5) is 5.82 Å². The Morgan fingerprint density at radius 3 is 2.63 bits per heavy atom. The van der Waals surface area contributed by atoms with Gasteiger partial charge in [0.25, 0.3) is 0 Å². The summed E-state index contributed by atoms with van der Waals surface area (Å²) < 4.78 is 5.57. The molecule has 3 aromatic rings. The Kier molecular flexibility index (Phi) is 5.37. The molecule has 2 saturated heterocycles. The second-order valence-electron chi connectivity index (χ2n) is 8.26. The molecule has 0 unspecified atom stereocenters. The minimum Gasteiger partial charge on any atom is -0.378 e. The maximum Gasteiger partial charge on any atom is 0.162 e. The molecule has 0 atom stereocenters. The average molecular weight is 408 g/mol. The lowest BCUT2D eigenvalue weighted by Crippen LogP contribution is -2.44. The fourth-order valence-corrected chi connectivity index (χ4v) is 4.29. The molecule has 0 spiro atoms. The molecule has 8 nitrogen and oxygen atoms in total. The molecule has 5 rings (SSSR count). The van der Waals surface area contributed by atoms with Crippen molar-refractivity contribution in [2.75, 3.05) is 64.4 Å². The van der Waals surface area contributed by atoms with Crippen LogP contribution in [0, 0.1) is 6.92 Å². The van der Waals surface area contributed by atoms with Crippen molar-refractivity contribution in [1.82, 2.24) is 30.0 Å². The molecule has 2 aromatic heterocycles. The van der Waals surface area contributed by atoms with Gasteiger partial charge >= 0.3 is 0 Å². The lowest BCUT2D eigenvalue weighted by molar-refractivity contribution is 0.122. The molecule has 158 valence electrons. The average Bonchev–Trinajstić information content (AvgIpc) is 3.26. The number of benzene rings is 1. The number of anilines is 1. The molecule has 1 N–H and O–H groups in total. The number of fused-ring (bicyclic) bond motifs is 1. The van der Waals surface area contributed by atoms with Gasteiger partial charge in [0.15, 0.2) is 5.82 Å². The highest BCUT2D eigenvalue weighted by Crippen LogP contribution is 2.30. The number of piperazine rings is 1. The number of nitrogens with zero attached hydrogens (tertiary/aromatic N) is 6. The molecule has 4 heterocycles. The van der Waals surface area contributed by atoms with Gasteiger partial charge in [-0.1, -0.05) is 12.1 Å². The van der Waals surface area contributed by atoms with Crippen molar-refractivity contribution < 1.29 is 4.74 Å². The lowest BCUT2D eigenvalue weighted by Gasteiger charge is -2.33. The molecule has 0 aliphatic carbocycles. The molecule has 8 heteroatoms. The van der Waals surface area contributed by atoms with E-state index in [1.165, 1.54) is 5.56 Å². The van der Waals surface area contributed by atoms with Gasteiger partial charge in [-0.3, -0.25) is 10.00 Å². The van der Waals surface area contributed by atoms with E-state index < -0.39 is 0 Å². The highest BCUT2D eigenvalue weighted by atomic mass is 16.5. The van der Waals surface area contributed by atoms with Crippen LogP contribution in [-0.2, 0) is 11.3 Å². The summed E-state index contributed by atoms with van der Waals surface area (Å²) in [5.41, 5.74) is 4.33. The number of nitrogens with one attached hydrogen (secondary N) is 1. The SMILES string of the molecule is Cc1c(CN2CCN(C)CC2)nc(-c2cccc3[nH]ncc23)nc1N1CCOCC1. The first-order valence-corrected chi connectivity index (χ1v) is 10.7. The fraction of sp³-hybridized carbons (Fsp3) is 0.500. The van der Waals surface area contributed by atoms with Gasteiger partial charge in [-0.15, -0.1) is 0 Å². The van der Waals surface area contributed by atoms with Gasteiger partial charge in [0.2, 0.25) is 0 Å². The summed E-state index contributed by atoms with van der Waals surface area (Å²) in [5.74, 6) is 1.81. The molecule has 2 aliphatic heterocycles. The molecular formula is C22H29N7O. The van der Waals surface area contributed by atoms with Crippen molar-refractivity contribution in [2.45, 2.75) is 13.5 Å². The summed E-state index contributed by atoms with van der Waals surface area (Å²) >= 11 is 0. The number of hydrogen-bond acceptors (Lipinski definition) is 7. The van der Waals surface area contributed by atoms with E-state index in [4.69, 9.17) is 14.7 Å². The van der Waals surface area contributed by atoms with Crippen LogP contribution in [0.5, 0.6) is 0 Å². The van der Waals surface area contributed by atoms with E-state index >= 15 is 0 Å². The third-order valence-electron chi connectivity index (χ3n) is 6.23. The van der Waals surface area contributed by atoms with E-state index in [1.54, 1.807) is 0 Å². The standard InChI is InChI=1S/C22H29N7O/c1-16-20(15-28-8-6-27(2)7-9-28)24-21(25-22(16)29-10-12-30-13-11-29)17-4-3-5-19-18(17)14-23-26-19/h3-5,14H,6-13,15H2,1-2H3,(H,23,26). The van der Waals surface area contributed by atoms with Crippen molar-refractivity contribution in [3.05, 3.63) is 35.7 Å². The van der Waals surface area contributed by atoms with E-state index in [9.17, 15) is 0 Å². The topological polar surface area (TPSA) is 73.4 Å². The zero-order valence-corrected chi connectivity index (χ0v) is 17.8. The van der Waals surface area contributed by atoms with Crippen molar-refractivity contribution in [3.63, 3.8) is 0 Å². The van der Waals surface area contributed by atoms with Crippen molar-refractivity contribution in [1.29, 1.82) is 0 Å². The molecule has 1 aromatic carbocycles. The first-order chi connectivity index (χ1) is 14.7. The normalized spacial score (nSPS) is 18.9. The van der Waals surface area contributed by atoms with Crippen LogP contribution in [0.3, 0.4) is 0 Å². The Bertz CT molecular complexity index is 1020. The monoisotopic (exact) mass is 407 g/mol. The van der Waals surface area contributed by atoms with Gasteiger partial charge < -0.3 is 14.5 Å².